The highest BCUT2D eigenvalue weighted by molar-refractivity contribution is 5.96. The predicted octanol–water partition coefficient (Wildman–Crippen LogP) is 3.07. The van der Waals surface area contributed by atoms with E-state index in [0.717, 1.165) is 22.4 Å². The van der Waals surface area contributed by atoms with Crippen molar-refractivity contribution in [2.75, 3.05) is 11.1 Å². The Morgan fingerprint density at radius 3 is 2.47 bits per heavy atom. The number of nitrogens with two attached hydrogens (primary N) is 1. The standard InChI is InChI=1S/C16H18N2O/c1-11-8-9-14(17)16(12(11)2)18-15(19)10-13-6-4-3-5-7-13/h3-9H,10,17H2,1-2H3,(H,18,19). The number of amides is 1. The van der Waals surface area contributed by atoms with Crippen LogP contribution in [0.5, 0.6) is 0 Å². The van der Waals surface area contributed by atoms with E-state index >= 15 is 0 Å². The van der Waals surface area contributed by atoms with E-state index < -0.39 is 0 Å². The molecule has 0 aromatic heterocycles. The Labute approximate surface area is 113 Å². The van der Waals surface area contributed by atoms with Crippen LogP contribution in [0.25, 0.3) is 0 Å². The van der Waals surface area contributed by atoms with Gasteiger partial charge in [0.1, 0.15) is 0 Å². The van der Waals surface area contributed by atoms with Gasteiger partial charge >= 0.3 is 0 Å². The average Bonchev–Trinajstić information content (AvgIpc) is 2.40. The number of hydrogen-bond donors (Lipinski definition) is 2. The van der Waals surface area contributed by atoms with E-state index in [-0.39, 0.29) is 5.91 Å². The van der Waals surface area contributed by atoms with E-state index in [1.54, 1.807) is 0 Å². The van der Waals surface area contributed by atoms with Crippen LogP contribution in [0, 0.1) is 13.8 Å². The smallest absolute Gasteiger partial charge is 0.228 e. The third-order valence-corrected chi connectivity index (χ3v) is 3.24. The molecule has 98 valence electrons. The van der Waals surface area contributed by atoms with Crippen molar-refractivity contribution in [3.8, 4) is 0 Å². The molecule has 0 saturated heterocycles. The Bertz CT molecular complexity index is 591. The highest BCUT2D eigenvalue weighted by Crippen LogP contribution is 2.25. The van der Waals surface area contributed by atoms with E-state index in [1.807, 2.05) is 56.3 Å². The summed E-state index contributed by atoms with van der Waals surface area (Å²) in [5, 5.41) is 2.90. The van der Waals surface area contributed by atoms with E-state index in [2.05, 4.69) is 5.32 Å². The molecule has 3 heteroatoms. The highest BCUT2D eigenvalue weighted by Gasteiger charge is 2.10. The SMILES string of the molecule is Cc1ccc(N)c(NC(=O)Cc2ccccc2)c1C. The van der Waals surface area contributed by atoms with Crippen molar-refractivity contribution in [3.05, 3.63) is 59.2 Å². The summed E-state index contributed by atoms with van der Waals surface area (Å²) in [7, 11) is 0. The second-order valence-electron chi connectivity index (χ2n) is 4.68. The van der Waals surface area contributed by atoms with Gasteiger partial charge in [0.2, 0.25) is 5.91 Å². The molecular weight excluding hydrogens is 236 g/mol. The maximum atomic E-state index is 12.0. The summed E-state index contributed by atoms with van der Waals surface area (Å²) in [6.07, 6.45) is 0.355. The lowest BCUT2D eigenvalue weighted by molar-refractivity contribution is -0.115. The fourth-order valence-electron chi connectivity index (χ4n) is 1.97. The Hall–Kier alpha value is -2.29. The Balaban J connectivity index is 2.14. The largest absolute Gasteiger partial charge is 0.397 e. The van der Waals surface area contributed by atoms with Crippen LogP contribution in [-0.4, -0.2) is 5.91 Å². The molecule has 19 heavy (non-hydrogen) atoms. The van der Waals surface area contributed by atoms with Crippen molar-refractivity contribution in [1.82, 2.24) is 0 Å². The average molecular weight is 254 g/mol. The Kier molecular flexibility index (Phi) is 3.85. The first-order valence-electron chi connectivity index (χ1n) is 6.27. The summed E-state index contributed by atoms with van der Waals surface area (Å²) in [5.74, 6) is -0.0494. The van der Waals surface area contributed by atoms with Crippen LogP contribution >= 0.6 is 0 Å². The molecule has 2 aromatic rings. The van der Waals surface area contributed by atoms with Gasteiger partial charge < -0.3 is 11.1 Å². The van der Waals surface area contributed by atoms with Gasteiger partial charge in [-0.2, -0.15) is 0 Å². The first-order chi connectivity index (χ1) is 9.08. The van der Waals surface area contributed by atoms with E-state index in [4.69, 9.17) is 5.73 Å². The molecule has 3 N–H and O–H groups in total. The van der Waals surface area contributed by atoms with Crippen molar-refractivity contribution in [2.24, 2.45) is 0 Å². The number of carbonyl (C=O) groups excluding carboxylic acids is 1. The number of nitrogens with one attached hydrogen (secondary N) is 1. The molecule has 0 aliphatic rings. The van der Waals surface area contributed by atoms with Crippen LogP contribution in [0.1, 0.15) is 16.7 Å². The zero-order valence-electron chi connectivity index (χ0n) is 11.2. The third kappa shape index (κ3) is 3.13. The molecule has 0 aliphatic heterocycles. The number of carbonyl (C=O) groups is 1. The normalized spacial score (nSPS) is 10.2. The van der Waals surface area contributed by atoms with Gasteiger partial charge in [0.25, 0.3) is 0 Å². The summed E-state index contributed by atoms with van der Waals surface area (Å²) in [5.41, 5.74) is 10.4. The van der Waals surface area contributed by atoms with Crippen molar-refractivity contribution in [2.45, 2.75) is 20.3 Å². The molecule has 0 heterocycles. The van der Waals surface area contributed by atoms with Crippen molar-refractivity contribution >= 4 is 17.3 Å². The molecule has 0 unspecified atom stereocenters. The summed E-state index contributed by atoms with van der Waals surface area (Å²) in [6.45, 7) is 3.96. The van der Waals surface area contributed by atoms with Crippen LogP contribution in [-0.2, 0) is 11.2 Å². The second-order valence-corrected chi connectivity index (χ2v) is 4.68. The molecule has 0 aliphatic carbocycles. The minimum Gasteiger partial charge on any atom is -0.397 e. The van der Waals surface area contributed by atoms with Crippen LogP contribution in [0.2, 0.25) is 0 Å². The number of benzene rings is 2. The molecule has 1 amide bonds. The van der Waals surface area contributed by atoms with Gasteiger partial charge in [0, 0.05) is 0 Å². The first-order valence-corrected chi connectivity index (χ1v) is 6.27. The fraction of sp³-hybridized carbons (Fsp3) is 0.188. The Morgan fingerprint density at radius 2 is 1.79 bits per heavy atom. The van der Waals surface area contributed by atoms with E-state index in [9.17, 15) is 4.79 Å². The highest BCUT2D eigenvalue weighted by atomic mass is 16.1. The molecule has 0 saturated carbocycles. The lowest BCUT2D eigenvalue weighted by atomic mass is 10.1. The molecule has 3 nitrogen and oxygen atoms in total. The maximum absolute atomic E-state index is 12.0. The second kappa shape index (κ2) is 5.57. The first kappa shape index (κ1) is 13.1. The van der Waals surface area contributed by atoms with Gasteiger partial charge in [-0.25, -0.2) is 0 Å². The molecule has 2 aromatic carbocycles. The summed E-state index contributed by atoms with van der Waals surface area (Å²) >= 11 is 0. The quantitative estimate of drug-likeness (QED) is 0.827. The number of aryl methyl sites for hydroxylation is 1. The van der Waals surface area contributed by atoms with Crippen LogP contribution in [0.4, 0.5) is 11.4 Å². The molecule has 0 atom stereocenters. The summed E-state index contributed by atoms with van der Waals surface area (Å²) in [4.78, 5) is 12.0. The van der Waals surface area contributed by atoms with Gasteiger partial charge in [-0.05, 0) is 36.6 Å². The van der Waals surface area contributed by atoms with E-state index in [1.165, 1.54) is 0 Å². The molecule has 0 radical (unpaired) electrons. The van der Waals surface area contributed by atoms with Crippen LogP contribution in [0.3, 0.4) is 0 Å². The number of anilines is 2. The monoisotopic (exact) mass is 254 g/mol. The van der Waals surface area contributed by atoms with Gasteiger partial charge in [0.15, 0.2) is 0 Å². The lowest BCUT2D eigenvalue weighted by Gasteiger charge is -2.13. The zero-order valence-corrected chi connectivity index (χ0v) is 11.2. The van der Waals surface area contributed by atoms with Gasteiger partial charge in [0.05, 0.1) is 17.8 Å². The molecule has 0 fully saturated rings. The maximum Gasteiger partial charge on any atom is 0.228 e. The van der Waals surface area contributed by atoms with Crippen LogP contribution in [0.15, 0.2) is 42.5 Å². The van der Waals surface area contributed by atoms with Gasteiger partial charge in [-0.15, -0.1) is 0 Å². The molecular formula is C16H18N2O. The summed E-state index contributed by atoms with van der Waals surface area (Å²) < 4.78 is 0. The van der Waals surface area contributed by atoms with Crippen LogP contribution < -0.4 is 11.1 Å². The summed E-state index contributed by atoms with van der Waals surface area (Å²) in [6, 6.07) is 13.4. The lowest BCUT2D eigenvalue weighted by Crippen LogP contribution is -2.16. The Morgan fingerprint density at radius 1 is 1.11 bits per heavy atom. The number of hydrogen-bond acceptors (Lipinski definition) is 2. The van der Waals surface area contributed by atoms with Crippen molar-refractivity contribution in [3.63, 3.8) is 0 Å². The van der Waals surface area contributed by atoms with E-state index in [0.29, 0.717) is 12.1 Å². The molecule has 0 bridgehead atoms. The van der Waals surface area contributed by atoms with Crippen molar-refractivity contribution < 1.29 is 4.79 Å². The van der Waals surface area contributed by atoms with Gasteiger partial charge in [-0.1, -0.05) is 36.4 Å². The van der Waals surface area contributed by atoms with Crippen molar-refractivity contribution in [1.29, 1.82) is 0 Å². The third-order valence-electron chi connectivity index (χ3n) is 3.24. The minimum absolute atomic E-state index is 0.0494. The zero-order chi connectivity index (χ0) is 13.8. The topological polar surface area (TPSA) is 55.1 Å². The fourth-order valence-corrected chi connectivity index (χ4v) is 1.97. The number of rotatable bonds is 3. The number of nitrogen functional groups attached to an aromatic ring is 1. The minimum atomic E-state index is -0.0494. The molecule has 0 spiro atoms. The predicted molar refractivity (Wildman–Crippen MR) is 79.1 cm³/mol. The molecule has 2 rings (SSSR count). The van der Waals surface area contributed by atoms with Gasteiger partial charge in [-0.3, -0.25) is 4.79 Å².